The molecule has 1 aliphatic carbocycles. The summed E-state index contributed by atoms with van der Waals surface area (Å²) in [6.45, 7) is 5.05. The first-order valence-electron chi connectivity index (χ1n) is 5.39. The number of nitriles is 4. The van der Waals surface area contributed by atoms with Crippen LogP contribution in [-0.4, -0.2) is 0 Å². The number of hydrogen-bond donors (Lipinski definition) is 1. The number of nitrogens with two attached hydrogens (primary N) is 1. The summed E-state index contributed by atoms with van der Waals surface area (Å²) in [5.41, 5.74) is 2.41. The van der Waals surface area contributed by atoms with E-state index >= 15 is 0 Å². The van der Waals surface area contributed by atoms with E-state index in [1.165, 1.54) is 0 Å². The van der Waals surface area contributed by atoms with Crippen LogP contribution in [0.3, 0.4) is 0 Å². The van der Waals surface area contributed by atoms with Crippen molar-refractivity contribution in [3.63, 3.8) is 0 Å². The number of hydrogen-bond acceptors (Lipinski definition) is 5. The molecule has 0 unspecified atom stereocenters. The molecule has 0 saturated heterocycles. The molecule has 0 aliphatic heterocycles. The molecule has 0 radical (unpaired) electrons. The van der Waals surface area contributed by atoms with E-state index in [2.05, 4.69) is 6.07 Å². The lowest BCUT2D eigenvalue weighted by molar-refractivity contribution is 0.142. The average molecular weight is 239 g/mol. The lowest BCUT2D eigenvalue weighted by atomic mass is 9.52. The smallest absolute Gasteiger partial charge is 0.188 e. The SMILES string of the molecule is CC1(C)C[C@](C)(C#N)C(C#N)=C(N)C1(C#N)C#N. The van der Waals surface area contributed by atoms with Gasteiger partial charge in [-0.1, -0.05) is 13.8 Å². The predicted octanol–water partition coefficient (Wildman–Crippen LogP) is 1.72. The van der Waals surface area contributed by atoms with Gasteiger partial charge >= 0.3 is 0 Å². The Hall–Kier alpha value is -2.50. The summed E-state index contributed by atoms with van der Waals surface area (Å²) in [5.74, 6) is 0. The lowest BCUT2D eigenvalue weighted by Crippen LogP contribution is -2.48. The summed E-state index contributed by atoms with van der Waals surface area (Å²) in [4.78, 5) is 0. The first-order valence-corrected chi connectivity index (χ1v) is 5.39. The highest BCUT2D eigenvalue weighted by atomic mass is 14.7. The Kier molecular flexibility index (Phi) is 2.84. The molecule has 0 spiro atoms. The van der Waals surface area contributed by atoms with Gasteiger partial charge in [0.25, 0.3) is 0 Å². The molecule has 1 atom stereocenters. The lowest BCUT2D eigenvalue weighted by Gasteiger charge is -2.46. The Bertz CT molecular complexity index is 571. The van der Waals surface area contributed by atoms with Crippen molar-refractivity contribution in [2.24, 2.45) is 22.0 Å². The van der Waals surface area contributed by atoms with E-state index in [9.17, 15) is 15.8 Å². The van der Waals surface area contributed by atoms with E-state index in [-0.39, 0.29) is 17.7 Å². The Labute approximate surface area is 106 Å². The van der Waals surface area contributed by atoms with Crippen LogP contribution < -0.4 is 5.73 Å². The highest BCUT2D eigenvalue weighted by molar-refractivity contribution is 5.50. The Balaban J connectivity index is 3.79. The summed E-state index contributed by atoms with van der Waals surface area (Å²) in [7, 11) is 0. The van der Waals surface area contributed by atoms with Gasteiger partial charge in [-0.25, -0.2) is 0 Å². The van der Waals surface area contributed by atoms with Gasteiger partial charge in [0.05, 0.1) is 41.0 Å². The monoisotopic (exact) mass is 239 g/mol. The molecule has 0 amide bonds. The van der Waals surface area contributed by atoms with Crippen molar-refractivity contribution in [3.05, 3.63) is 11.3 Å². The standard InChI is InChI=1S/C13H13N5/c1-11(2)5-12(3,6-15)9(4-14)10(18)13(11,7-16)8-17/h5,18H2,1-3H3/t12-/m1/s1. The third-order valence-corrected chi connectivity index (χ3v) is 3.73. The number of rotatable bonds is 0. The summed E-state index contributed by atoms with van der Waals surface area (Å²) in [5, 5.41) is 37.1. The van der Waals surface area contributed by atoms with Crippen LogP contribution in [0.2, 0.25) is 0 Å². The zero-order valence-corrected chi connectivity index (χ0v) is 10.6. The van der Waals surface area contributed by atoms with Gasteiger partial charge in [-0.15, -0.1) is 0 Å². The van der Waals surface area contributed by atoms with E-state index in [4.69, 9.17) is 11.0 Å². The number of nitrogens with zero attached hydrogens (tertiary/aromatic N) is 4. The molecule has 0 aromatic rings. The molecule has 0 heterocycles. The molecular formula is C13H13N5. The third-order valence-electron chi connectivity index (χ3n) is 3.73. The van der Waals surface area contributed by atoms with E-state index in [1.54, 1.807) is 20.8 Å². The fraction of sp³-hybridized carbons (Fsp3) is 0.538. The van der Waals surface area contributed by atoms with Crippen LogP contribution in [0.25, 0.3) is 0 Å². The summed E-state index contributed by atoms with van der Waals surface area (Å²) in [6.07, 6.45) is 0.237. The van der Waals surface area contributed by atoms with Gasteiger partial charge in [-0.2, -0.15) is 21.0 Å². The molecule has 5 nitrogen and oxygen atoms in total. The van der Waals surface area contributed by atoms with Crippen LogP contribution in [-0.2, 0) is 0 Å². The van der Waals surface area contributed by atoms with Gasteiger partial charge in [-0.3, -0.25) is 0 Å². The molecule has 18 heavy (non-hydrogen) atoms. The number of allylic oxidation sites excluding steroid dienone is 2. The van der Waals surface area contributed by atoms with Crippen molar-refractivity contribution in [2.45, 2.75) is 27.2 Å². The second-order valence-corrected chi connectivity index (χ2v) is 5.38. The van der Waals surface area contributed by atoms with Gasteiger partial charge in [0, 0.05) is 5.41 Å². The van der Waals surface area contributed by atoms with E-state index in [0.29, 0.717) is 0 Å². The highest BCUT2D eigenvalue weighted by Gasteiger charge is 2.58. The maximum absolute atomic E-state index is 9.32. The molecule has 2 N–H and O–H groups in total. The normalized spacial score (nSPS) is 28.4. The van der Waals surface area contributed by atoms with E-state index in [1.807, 2.05) is 18.2 Å². The van der Waals surface area contributed by atoms with Crippen LogP contribution in [0.1, 0.15) is 27.2 Å². The minimum Gasteiger partial charge on any atom is -0.399 e. The topological polar surface area (TPSA) is 121 Å². The van der Waals surface area contributed by atoms with Gasteiger partial charge in [0.2, 0.25) is 0 Å². The Morgan fingerprint density at radius 3 is 1.83 bits per heavy atom. The Morgan fingerprint density at radius 1 is 1.00 bits per heavy atom. The van der Waals surface area contributed by atoms with Crippen LogP contribution in [0.5, 0.6) is 0 Å². The molecule has 90 valence electrons. The zero-order valence-electron chi connectivity index (χ0n) is 10.6. The fourth-order valence-electron chi connectivity index (χ4n) is 2.68. The first kappa shape index (κ1) is 13.6. The predicted molar refractivity (Wildman–Crippen MR) is 62.6 cm³/mol. The van der Waals surface area contributed by atoms with Crippen LogP contribution in [0.4, 0.5) is 0 Å². The van der Waals surface area contributed by atoms with Gasteiger partial charge in [-0.05, 0) is 13.3 Å². The second kappa shape index (κ2) is 3.76. The Morgan fingerprint density at radius 2 is 1.50 bits per heavy atom. The quantitative estimate of drug-likeness (QED) is 0.689. The molecule has 1 aliphatic rings. The maximum Gasteiger partial charge on any atom is 0.188 e. The highest BCUT2D eigenvalue weighted by Crippen LogP contribution is 2.56. The van der Waals surface area contributed by atoms with Crippen molar-refractivity contribution in [1.82, 2.24) is 0 Å². The molecule has 0 aromatic heterocycles. The van der Waals surface area contributed by atoms with Crippen molar-refractivity contribution >= 4 is 0 Å². The molecule has 0 bridgehead atoms. The zero-order chi connectivity index (χ0) is 14.2. The van der Waals surface area contributed by atoms with Crippen LogP contribution in [0, 0.1) is 61.6 Å². The fourth-order valence-corrected chi connectivity index (χ4v) is 2.68. The van der Waals surface area contributed by atoms with E-state index in [0.717, 1.165) is 0 Å². The van der Waals surface area contributed by atoms with Crippen molar-refractivity contribution in [3.8, 4) is 24.3 Å². The van der Waals surface area contributed by atoms with Crippen molar-refractivity contribution < 1.29 is 0 Å². The van der Waals surface area contributed by atoms with Crippen molar-refractivity contribution in [2.75, 3.05) is 0 Å². The second-order valence-electron chi connectivity index (χ2n) is 5.38. The van der Waals surface area contributed by atoms with E-state index < -0.39 is 16.2 Å². The molecule has 1 rings (SSSR count). The minimum absolute atomic E-state index is 0.0347. The van der Waals surface area contributed by atoms with Crippen LogP contribution in [0.15, 0.2) is 11.3 Å². The maximum atomic E-state index is 9.32. The van der Waals surface area contributed by atoms with Crippen molar-refractivity contribution in [1.29, 1.82) is 21.0 Å². The molecule has 0 aromatic carbocycles. The summed E-state index contributed by atoms with van der Waals surface area (Å²) in [6, 6.07) is 7.82. The first-order chi connectivity index (χ1) is 8.24. The largest absolute Gasteiger partial charge is 0.399 e. The average Bonchev–Trinajstić information content (AvgIpc) is 2.30. The molecular weight excluding hydrogens is 226 g/mol. The van der Waals surface area contributed by atoms with Gasteiger partial charge in [0.1, 0.15) is 0 Å². The van der Waals surface area contributed by atoms with Gasteiger partial charge in [0.15, 0.2) is 5.41 Å². The third kappa shape index (κ3) is 1.35. The van der Waals surface area contributed by atoms with Crippen LogP contribution >= 0.6 is 0 Å². The molecule has 0 fully saturated rings. The summed E-state index contributed by atoms with van der Waals surface area (Å²) < 4.78 is 0. The van der Waals surface area contributed by atoms with Gasteiger partial charge < -0.3 is 5.73 Å². The minimum atomic E-state index is -1.56. The molecule has 5 heteroatoms. The summed E-state index contributed by atoms with van der Waals surface area (Å²) >= 11 is 0. The molecule has 0 saturated carbocycles.